The standard InChI is InChI=1S/C15H17N3O2/c1-18-9-11(8-17-18)13-6-14(13)15(20)16-7-10-3-2-4-12(19)5-10/h2-5,8-9,13-14,19H,6-7H2,1H3,(H,16,20)/t13-,14+/m1/s1. The molecule has 1 aromatic heterocycles. The van der Waals surface area contributed by atoms with Gasteiger partial charge >= 0.3 is 0 Å². The summed E-state index contributed by atoms with van der Waals surface area (Å²) in [6.07, 6.45) is 4.68. The third kappa shape index (κ3) is 2.66. The normalized spacial score (nSPS) is 20.6. The number of benzene rings is 1. The molecule has 2 aromatic rings. The molecule has 5 nitrogen and oxygen atoms in total. The van der Waals surface area contributed by atoms with E-state index in [1.54, 1.807) is 22.9 Å². The van der Waals surface area contributed by atoms with E-state index in [1.165, 1.54) is 0 Å². The lowest BCUT2D eigenvalue weighted by atomic mass is 10.2. The first-order valence-electron chi connectivity index (χ1n) is 6.67. The van der Waals surface area contributed by atoms with Crippen molar-refractivity contribution in [3.05, 3.63) is 47.8 Å². The Morgan fingerprint density at radius 3 is 3.10 bits per heavy atom. The molecule has 0 unspecified atom stereocenters. The fraction of sp³-hybridized carbons (Fsp3) is 0.333. The van der Waals surface area contributed by atoms with Crippen LogP contribution in [0.15, 0.2) is 36.7 Å². The van der Waals surface area contributed by atoms with Gasteiger partial charge in [0.25, 0.3) is 0 Å². The molecule has 1 aromatic carbocycles. The lowest BCUT2D eigenvalue weighted by Crippen LogP contribution is -2.24. The predicted molar refractivity (Wildman–Crippen MR) is 74.0 cm³/mol. The molecule has 0 saturated heterocycles. The molecule has 104 valence electrons. The van der Waals surface area contributed by atoms with Crippen molar-refractivity contribution in [1.29, 1.82) is 0 Å². The maximum Gasteiger partial charge on any atom is 0.224 e. The number of aromatic hydroxyl groups is 1. The van der Waals surface area contributed by atoms with Crippen molar-refractivity contribution in [3.8, 4) is 5.75 Å². The van der Waals surface area contributed by atoms with Gasteiger partial charge in [-0.1, -0.05) is 12.1 Å². The van der Waals surface area contributed by atoms with Crippen molar-refractivity contribution in [2.45, 2.75) is 18.9 Å². The minimum Gasteiger partial charge on any atom is -0.508 e. The number of amides is 1. The van der Waals surface area contributed by atoms with Gasteiger partial charge in [-0.15, -0.1) is 0 Å². The number of aryl methyl sites for hydroxylation is 1. The topological polar surface area (TPSA) is 67.2 Å². The maximum atomic E-state index is 12.1. The van der Waals surface area contributed by atoms with E-state index >= 15 is 0 Å². The molecule has 20 heavy (non-hydrogen) atoms. The van der Waals surface area contributed by atoms with E-state index in [0.29, 0.717) is 12.5 Å². The first-order valence-corrected chi connectivity index (χ1v) is 6.67. The van der Waals surface area contributed by atoms with Crippen molar-refractivity contribution in [3.63, 3.8) is 0 Å². The smallest absolute Gasteiger partial charge is 0.224 e. The van der Waals surface area contributed by atoms with Gasteiger partial charge in [0, 0.05) is 25.7 Å². The summed E-state index contributed by atoms with van der Waals surface area (Å²) in [7, 11) is 1.88. The fourth-order valence-corrected chi connectivity index (χ4v) is 2.47. The van der Waals surface area contributed by atoms with Gasteiger partial charge in [-0.3, -0.25) is 9.48 Å². The number of carbonyl (C=O) groups excluding carboxylic acids is 1. The number of nitrogens with one attached hydrogen (secondary N) is 1. The van der Waals surface area contributed by atoms with Gasteiger partial charge in [0.15, 0.2) is 0 Å². The second-order valence-corrected chi connectivity index (χ2v) is 5.28. The average Bonchev–Trinajstić information content (AvgIpc) is 3.12. The summed E-state index contributed by atoms with van der Waals surface area (Å²) in [6.45, 7) is 0.448. The van der Waals surface area contributed by atoms with Gasteiger partial charge in [0.1, 0.15) is 5.75 Å². The first kappa shape index (κ1) is 12.7. The van der Waals surface area contributed by atoms with Crippen LogP contribution in [0, 0.1) is 5.92 Å². The molecule has 0 aliphatic heterocycles. The quantitative estimate of drug-likeness (QED) is 0.886. The Bertz CT molecular complexity index is 636. The molecule has 2 atom stereocenters. The number of hydrogen-bond donors (Lipinski definition) is 2. The molecule has 0 spiro atoms. The van der Waals surface area contributed by atoms with Crippen LogP contribution in [0.3, 0.4) is 0 Å². The Kier molecular flexibility index (Phi) is 3.18. The van der Waals surface area contributed by atoms with Crippen LogP contribution in [0.5, 0.6) is 5.75 Å². The summed E-state index contributed by atoms with van der Waals surface area (Å²) in [5, 5.41) is 16.4. The monoisotopic (exact) mass is 271 g/mol. The minimum absolute atomic E-state index is 0.0523. The summed E-state index contributed by atoms with van der Waals surface area (Å²) >= 11 is 0. The van der Waals surface area contributed by atoms with Crippen molar-refractivity contribution in [2.75, 3.05) is 0 Å². The first-order chi connectivity index (χ1) is 9.63. The van der Waals surface area contributed by atoms with Crippen LogP contribution in [-0.4, -0.2) is 20.8 Å². The van der Waals surface area contributed by atoms with Gasteiger partial charge in [0.05, 0.1) is 6.20 Å². The second kappa shape index (κ2) is 5.00. The zero-order chi connectivity index (χ0) is 14.1. The highest BCUT2D eigenvalue weighted by atomic mass is 16.3. The van der Waals surface area contributed by atoms with Gasteiger partial charge in [-0.25, -0.2) is 0 Å². The molecule has 2 N–H and O–H groups in total. The van der Waals surface area contributed by atoms with Crippen LogP contribution in [0.1, 0.15) is 23.5 Å². The van der Waals surface area contributed by atoms with Crippen molar-refractivity contribution in [1.82, 2.24) is 15.1 Å². The molecule has 1 amide bonds. The third-order valence-electron chi connectivity index (χ3n) is 3.66. The Balaban J connectivity index is 1.54. The van der Waals surface area contributed by atoms with Gasteiger partial charge in [0.2, 0.25) is 5.91 Å². The largest absolute Gasteiger partial charge is 0.508 e. The molecule has 1 heterocycles. The van der Waals surface area contributed by atoms with Gasteiger partial charge in [-0.05, 0) is 35.6 Å². The number of carbonyl (C=O) groups is 1. The highest BCUT2D eigenvalue weighted by molar-refractivity contribution is 5.82. The van der Waals surface area contributed by atoms with Crippen LogP contribution in [0.4, 0.5) is 0 Å². The van der Waals surface area contributed by atoms with Crippen LogP contribution >= 0.6 is 0 Å². The zero-order valence-electron chi connectivity index (χ0n) is 11.3. The second-order valence-electron chi connectivity index (χ2n) is 5.28. The molecule has 0 radical (unpaired) electrons. The fourth-order valence-electron chi connectivity index (χ4n) is 2.47. The van der Waals surface area contributed by atoms with E-state index in [1.807, 2.05) is 25.5 Å². The van der Waals surface area contributed by atoms with E-state index in [2.05, 4.69) is 10.4 Å². The molecule has 1 saturated carbocycles. The number of nitrogens with zero attached hydrogens (tertiary/aromatic N) is 2. The van der Waals surface area contributed by atoms with E-state index in [9.17, 15) is 9.90 Å². The molecule has 3 rings (SSSR count). The van der Waals surface area contributed by atoms with Crippen LogP contribution in [0.2, 0.25) is 0 Å². The maximum absolute atomic E-state index is 12.1. The van der Waals surface area contributed by atoms with E-state index in [4.69, 9.17) is 0 Å². The highest BCUT2D eigenvalue weighted by Gasteiger charge is 2.44. The van der Waals surface area contributed by atoms with Crippen LogP contribution in [-0.2, 0) is 18.4 Å². The average molecular weight is 271 g/mol. The molecule has 5 heteroatoms. The summed E-state index contributed by atoms with van der Waals surface area (Å²) in [5.41, 5.74) is 2.03. The summed E-state index contributed by atoms with van der Waals surface area (Å²) in [5.74, 6) is 0.642. The number of phenolic OH excluding ortho intramolecular Hbond substituents is 1. The van der Waals surface area contributed by atoms with Gasteiger partial charge in [-0.2, -0.15) is 5.10 Å². The highest BCUT2D eigenvalue weighted by Crippen LogP contribution is 2.47. The SMILES string of the molecule is Cn1cc([C@H]2C[C@@H]2C(=O)NCc2cccc(O)c2)cn1. The Morgan fingerprint density at radius 2 is 2.40 bits per heavy atom. The molecule has 1 aliphatic rings. The molecular formula is C15H17N3O2. The minimum atomic E-state index is 0.0523. The number of phenols is 1. The Labute approximate surface area is 117 Å². The Hall–Kier alpha value is -2.30. The summed E-state index contributed by atoms with van der Waals surface area (Å²) < 4.78 is 1.76. The molecule has 0 bridgehead atoms. The van der Waals surface area contributed by atoms with Gasteiger partial charge < -0.3 is 10.4 Å². The summed E-state index contributed by atoms with van der Waals surface area (Å²) in [6, 6.07) is 6.92. The summed E-state index contributed by atoms with van der Waals surface area (Å²) in [4.78, 5) is 12.1. The zero-order valence-corrected chi connectivity index (χ0v) is 11.3. The van der Waals surface area contributed by atoms with Crippen LogP contribution in [0.25, 0.3) is 0 Å². The van der Waals surface area contributed by atoms with Crippen molar-refractivity contribution < 1.29 is 9.90 Å². The molecular weight excluding hydrogens is 254 g/mol. The van der Waals surface area contributed by atoms with Crippen LogP contribution < -0.4 is 5.32 Å². The van der Waals surface area contributed by atoms with E-state index < -0.39 is 0 Å². The lowest BCUT2D eigenvalue weighted by Gasteiger charge is -2.05. The number of rotatable bonds is 4. The number of aromatic nitrogens is 2. The third-order valence-corrected chi connectivity index (χ3v) is 3.66. The molecule has 1 aliphatic carbocycles. The van der Waals surface area contributed by atoms with E-state index in [0.717, 1.165) is 17.5 Å². The van der Waals surface area contributed by atoms with Crippen molar-refractivity contribution in [2.24, 2.45) is 13.0 Å². The van der Waals surface area contributed by atoms with Crippen molar-refractivity contribution >= 4 is 5.91 Å². The molecule has 1 fully saturated rings. The van der Waals surface area contributed by atoms with E-state index in [-0.39, 0.29) is 17.6 Å². The lowest BCUT2D eigenvalue weighted by molar-refractivity contribution is -0.122. The predicted octanol–water partition coefficient (Wildman–Crippen LogP) is 1.55. The Morgan fingerprint density at radius 1 is 1.55 bits per heavy atom. The number of hydrogen-bond acceptors (Lipinski definition) is 3.